The van der Waals surface area contributed by atoms with Crippen molar-refractivity contribution >= 4 is 38.3 Å². The van der Waals surface area contributed by atoms with Gasteiger partial charge in [0.05, 0.1) is 11.9 Å². The van der Waals surface area contributed by atoms with Gasteiger partial charge in [-0.15, -0.1) is 0 Å². The highest BCUT2D eigenvalue weighted by atomic mass is 32.2. The van der Waals surface area contributed by atoms with E-state index < -0.39 is 28.5 Å². The van der Waals surface area contributed by atoms with E-state index in [0.717, 1.165) is 32.5 Å². The van der Waals surface area contributed by atoms with Crippen LogP contribution in [0.2, 0.25) is 0 Å². The zero-order valence-corrected chi connectivity index (χ0v) is 23.8. The number of nitrogens with one attached hydrogen (secondary N) is 1. The molecule has 0 aliphatic heterocycles. The molecule has 0 aromatic heterocycles. The largest absolute Gasteiger partial charge is 0.352 e. The molecule has 0 heterocycles. The number of carbonyl (C=O) groups is 2. The first-order valence-electron chi connectivity index (χ1n) is 13.3. The van der Waals surface area contributed by atoms with Crippen molar-refractivity contribution < 1.29 is 18.0 Å². The number of anilines is 1. The second kappa shape index (κ2) is 12.8. The Morgan fingerprint density at radius 1 is 0.775 bits per heavy atom. The van der Waals surface area contributed by atoms with E-state index >= 15 is 0 Å². The van der Waals surface area contributed by atoms with Crippen LogP contribution in [0.15, 0.2) is 103 Å². The molecule has 1 unspecified atom stereocenters. The number of fused-ring (bicyclic) bond motifs is 1. The van der Waals surface area contributed by atoms with Crippen molar-refractivity contribution in [1.29, 1.82) is 0 Å². The summed E-state index contributed by atoms with van der Waals surface area (Å²) in [4.78, 5) is 29.3. The fraction of sp³-hybridized carbons (Fsp3) is 0.250. The number of hydrogen-bond acceptors (Lipinski definition) is 4. The third kappa shape index (κ3) is 7.27. The Labute approximate surface area is 236 Å². The predicted octanol–water partition coefficient (Wildman–Crippen LogP) is 4.77. The fourth-order valence-electron chi connectivity index (χ4n) is 4.74. The maximum atomic E-state index is 14.2. The lowest BCUT2D eigenvalue weighted by atomic mass is 10.0. The zero-order valence-electron chi connectivity index (χ0n) is 23.0. The number of carbonyl (C=O) groups excluding carboxylic acids is 2. The van der Waals surface area contributed by atoms with E-state index in [4.69, 9.17) is 0 Å². The quantitative estimate of drug-likeness (QED) is 0.288. The summed E-state index contributed by atoms with van der Waals surface area (Å²) in [6.45, 7) is 3.44. The zero-order chi connectivity index (χ0) is 28.7. The maximum absolute atomic E-state index is 14.2. The van der Waals surface area contributed by atoms with Crippen molar-refractivity contribution in [2.45, 2.75) is 38.9 Å². The Hall–Kier alpha value is -4.17. The van der Waals surface area contributed by atoms with E-state index in [2.05, 4.69) is 5.32 Å². The third-order valence-corrected chi connectivity index (χ3v) is 7.74. The lowest BCUT2D eigenvalue weighted by molar-refractivity contribution is -0.140. The van der Waals surface area contributed by atoms with Crippen molar-refractivity contribution in [1.82, 2.24) is 10.2 Å². The lowest BCUT2D eigenvalue weighted by Gasteiger charge is -2.34. The van der Waals surface area contributed by atoms with Crippen LogP contribution >= 0.6 is 0 Å². The molecule has 0 aliphatic carbocycles. The van der Waals surface area contributed by atoms with Gasteiger partial charge in [-0.05, 0) is 36.4 Å². The number of amides is 2. The summed E-state index contributed by atoms with van der Waals surface area (Å²) in [5, 5.41) is 4.54. The fourth-order valence-corrected chi connectivity index (χ4v) is 5.60. The van der Waals surface area contributed by atoms with Gasteiger partial charge in [-0.1, -0.05) is 97.1 Å². The first-order chi connectivity index (χ1) is 19.1. The van der Waals surface area contributed by atoms with Crippen molar-refractivity contribution in [3.05, 3.63) is 114 Å². The van der Waals surface area contributed by atoms with Crippen LogP contribution in [-0.2, 0) is 32.6 Å². The molecular formula is C32H35N3O4S. The van der Waals surface area contributed by atoms with E-state index in [1.165, 1.54) is 4.90 Å². The van der Waals surface area contributed by atoms with E-state index in [-0.39, 0.29) is 24.9 Å². The minimum absolute atomic E-state index is 0.136. The van der Waals surface area contributed by atoms with Gasteiger partial charge in [0.15, 0.2) is 0 Å². The Balaban J connectivity index is 1.77. The molecular weight excluding hydrogens is 522 g/mol. The predicted molar refractivity (Wildman–Crippen MR) is 160 cm³/mol. The van der Waals surface area contributed by atoms with E-state index in [9.17, 15) is 18.0 Å². The molecule has 4 aromatic rings. The summed E-state index contributed by atoms with van der Waals surface area (Å²) in [7, 11) is -3.85. The Morgan fingerprint density at radius 3 is 1.98 bits per heavy atom. The smallest absolute Gasteiger partial charge is 0.244 e. The lowest BCUT2D eigenvalue weighted by Crippen LogP contribution is -2.54. The van der Waals surface area contributed by atoms with Gasteiger partial charge in [-0.3, -0.25) is 13.9 Å². The Bertz CT molecular complexity index is 1550. The average Bonchev–Trinajstić information content (AvgIpc) is 2.93. The van der Waals surface area contributed by atoms with E-state index in [1.807, 2.05) is 105 Å². The van der Waals surface area contributed by atoms with Gasteiger partial charge in [0.2, 0.25) is 21.8 Å². The number of sulfonamides is 1. The van der Waals surface area contributed by atoms with Crippen LogP contribution in [0, 0.1) is 0 Å². The van der Waals surface area contributed by atoms with Gasteiger partial charge in [0, 0.05) is 24.4 Å². The molecule has 0 radical (unpaired) electrons. The normalized spacial score (nSPS) is 12.2. The Morgan fingerprint density at radius 2 is 1.35 bits per heavy atom. The van der Waals surface area contributed by atoms with E-state index in [1.54, 1.807) is 12.1 Å². The summed E-state index contributed by atoms with van der Waals surface area (Å²) in [5.74, 6) is -0.763. The molecule has 0 fully saturated rings. The minimum atomic E-state index is -3.85. The molecule has 0 saturated carbocycles. The average molecular weight is 558 g/mol. The van der Waals surface area contributed by atoms with Crippen molar-refractivity contribution in [2.24, 2.45) is 0 Å². The molecule has 0 spiro atoms. The van der Waals surface area contributed by atoms with Gasteiger partial charge in [0.25, 0.3) is 0 Å². The number of nitrogens with zero attached hydrogens (tertiary/aromatic N) is 2. The van der Waals surface area contributed by atoms with Gasteiger partial charge in [0.1, 0.15) is 12.6 Å². The minimum Gasteiger partial charge on any atom is -0.352 e. The van der Waals surface area contributed by atoms with Gasteiger partial charge >= 0.3 is 0 Å². The molecule has 1 N–H and O–H groups in total. The number of benzene rings is 4. The maximum Gasteiger partial charge on any atom is 0.244 e. The van der Waals surface area contributed by atoms with Crippen LogP contribution in [0.5, 0.6) is 0 Å². The molecule has 2 amide bonds. The summed E-state index contributed by atoms with van der Waals surface area (Å²) in [6, 6.07) is 30.7. The monoisotopic (exact) mass is 557 g/mol. The van der Waals surface area contributed by atoms with Crippen LogP contribution in [0.25, 0.3) is 10.8 Å². The summed E-state index contributed by atoms with van der Waals surface area (Å²) in [5.41, 5.74) is 2.15. The van der Waals surface area contributed by atoms with Gasteiger partial charge in [-0.25, -0.2) is 8.42 Å². The molecule has 0 bridgehead atoms. The molecule has 4 rings (SSSR count). The molecule has 1 atom stereocenters. The summed E-state index contributed by atoms with van der Waals surface area (Å²) in [6.07, 6.45) is 1.38. The second-order valence-electron chi connectivity index (χ2n) is 10.1. The topological polar surface area (TPSA) is 86.8 Å². The highest BCUT2D eigenvalue weighted by Crippen LogP contribution is 2.29. The molecule has 40 heavy (non-hydrogen) atoms. The van der Waals surface area contributed by atoms with Gasteiger partial charge < -0.3 is 10.2 Å². The van der Waals surface area contributed by atoms with Crippen molar-refractivity contribution in [2.75, 3.05) is 17.1 Å². The van der Waals surface area contributed by atoms with Crippen molar-refractivity contribution in [3.8, 4) is 0 Å². The van der Waals surface area contributed by atoms with Crippen LogP contribution < -0.4 is 9.62 Å². The van der Waals surface area contributed by atoms with Crippen LogP contribution in [0.4, 0.5) is 5.69 Å². The highest BCUT2D eigenvalue weighted by Gasteiger charge is 2.33. The van der Waals surface area contributed by atoms with Crippen LogP contribution in [0.1, 0.15) is 25.0 Å². The first-order valence-corrected chi connectivity index (χ1v) is 15.1. The third-order valence-electron chi connectivity index (χ3n) is 6.61. The molecule has 0 saturated heterocycles. The summed E-state index contributed by atoms with van der Waals surface area (Å²) < 4.78 is 27.4. The highest BCUT2D eigenvalue weighted by molar-refractivity contribution is 7.92. The van der Waals surface area contributed by atoms with Gasteiger partial charge in [-0.2, -0.15) is 0 Å². The van der Waals surface area contributed by atoms with Crippen LogP contribution in [0.3, 0.4) is 0 Å². The number of hydrogen-bond donors (Lipinski definition) is 1. The molecule has 4 aromatic carbocycles. The van der Waals surface area contributed by atoms with E-state index in [0.29, 0.717) is 5.69 Å². The summed E-state index contributed by atoms with van der Waals surface area (Å²) >= 11 is 0. The first kappa shape index (κ1) is 28.8. The standard InChI is InChI=1S/C32H35N3O4S/c1-24(2)33-32(37)30(21-25-13-6-4-7-14-25)34(22-26-15-8-5-9-16-26)31(36)23-35(40(3,38)39)29-20-12-18-27-17-10-11-19-28(27)29/h4-20,24,30H,21-23H2,1-3H3,(H,33,37). The Kier molecular flexibility index (Phi) is 9.22. The number of rotatable bonds is 11. The second-order valence-corrected chi connectivity index (χ2v) is 12.1. The molecule has 0 aliphatic rings. The molecule has 7 nitrogen and oxygen atoms in total. The SMILES string of the molecule is CC(C)NC(=O)C(Cc1ccccc1)N(Cc1ccccc1)C(=O)CN(c1cccc2ccccc12)S(C)(=O)=O. The molecule has 208 valence electrons. The van der Waals surface area contributed by atoms with Crippen LogP contribution in [-0.4, -0.2) is 50.0 Å². The molecule has 8 heteroatoms. The van der Waals surface area contributed by atoms with Crippen molar-refractivity contribution in [3.63, 3.8) is 0 Å².